The second kappa shape index (κ2) is 4.45. The van der Waals surface area contributed by atoms with Gasteiger partial charge in [0.15, 0.2) is 0 Å². The molecule has 0 saturated heterocycles. The van der Waals surface area contributed by atoms with Crippen molar-refractivity contribution in [1.29, 1.82) is 0 Å². The average Bonchev–Trinajstić information content (AvgIpc) is 2.12. The molecule has 0 unspecified atom stereocenters. The van der Waals surface area contributed by atoms with E-state index in [1.807, 2.05) is 6.92 Å². The number of benzene rings is 1. The lowest BCUT2D eigenvalue weighted by Gasteiger charge is -2.17. The molecule has 0 atom stereocenters. The van der Waals surface area contributed by atoms with Crippen LogP contribution in [0.3, 0.4) is 0 Å². The minimum Gasteiger partial charge on any atom is -0.508 e. The first-order chi connectivity index (χ1) is 7.21. The van der Waals surface area contributed by atoms with Crippen molar-refractivity contribution in [2.75, 3.05) is 5.32 Å². The van der Waals surface area contributed by atoms with Crippen LogP contribution >= 0.6 is 15.9 Å². The van der Waals surface area contributed by atoms with Gasteiger partial charge in [-0.1, -0.05) is 15.9 Å². The lowest BCUT2D eigenvalue weighted by molar-refractivity contribution is -0.117. The number of hydrogen-bond acceptors (Lipinski definition) is 2. The SMILES string of the molecule is Cc1cc(NC(=O)C(C)(C)Br)c(C)cc1O. The molecule has 0 aliphatic carbocycles. The number of hydrogen-bond donors (Lipinski definition) is 2. The Bertz CT molecular complexity index is 422. The van der Waals surface area contributed by atoms with E-state index in [9.17, 15) is 9.90 Å². The summed E-state index contributed by atoms with van der Waals surface area (Å²) in [4.78, 5) is 11.8. The van der Waals surface area contributed by atoms with E-state index < -0.39 is 4.32 Å². The second-order valence-electron chi connectivity index (χ2n) is 4.38. The number of alkyl halides is 1. The molecule has 1 amide bonds. The molecule has 3 nitrogen and oxygen atoms in total. The highest BCUT2D eigenvalue weighted by Gasteiger charge is 2.24. The molecule has 0 heterocycles. The monoisotopic (exact) mass is 285 g/mol. The number of amides is 1. The summed E-state index contributed by atoms with van der Waals surface area (Å²) in [7, 11) is 0. The summed E-state index contributed by atoms with van der Waals surface area (Å²) in [5.74, 6) is 0.134. The van der Waals surface area contributed by atoms with Gasteiger partial charge in [-0.3, -0.25) is 4.79 Å². The molecule has 1 rings (SSSR count). The average molecular weight is 286 g/mol. The fraction of sp³-hybridized carbons (Fsp3) is 0.417. The van der Waals surface area contributed by atoms with Crippen LogP contribution in [-0.2, 0) is 4.79 Å². The Morgan fingerprint density at radius 3 is 2.38 bits per heavy atom. The third-order valence-electron chi connectivity index (χ3n) is 2.33. The van der Waals surface area contributed by atoms with E-state index in [1.165, 1.54) is 0 Å². The van der Waals surface area contributed by atoms with Crippen molar-refractivity contribution in [2.24, 2.45) is 0 Å². The molecule has 0 bridgehead atoms. The Labute approximate surface area is 104 Å². The van der Waals surface area contributed by atoms with Crippen LogP contribution in [0.25, 0.3) is 0 Å². The van der Waals surface area contributed by atoms with E-state index >= 15 is 0 Å². The van der Waals surface area contributed by atoms with Gasteiger partial charge in [-0.2, -0.15) is 0 Å². The predicted octanol–water partition coefficient (Wildman–Crippen LogP) is 3.12. The zero-order valence-corrected chi connectivity index (χ0v) is 11.5. The number of aryl methyl sites for hydroxylation is 2. The molecule has 2 N–H and O–H groups in total. The fourth-order valence-corrected chi connectivity index (χ4v) is 1.31. The van der Waals surface area contributed by atoms with Crippen LogP contribution in [0, 0.1) is 13.8 Å². The zero-order chi connectivity index (χ0) is 12.5. The van der Waals surface area contributed by atoms with Gasteiger partial charge in [-0.05, 0) is 51.0 Å². The lowest BCUT2D eigenvalue weighted by atomic mass is 10.1. The van der Waals surface area contributed by atoms with Crippen molar-refractivity contribution in [1.82, 2.24) is 0 Å². The molecular weight excluding hydrogens is 270 g/mol. The normalized spacial score (nSPS) is 11.3. The topological polar surface area (TPSA) is 49.3 Å². The van der Waals surface area contributed by atoms with Crippen molar-refractivity contribution in [2.45, 2.75) is 32.0 Å². The third kappa shape index (κ3) is 2.98. The van der Waals surface area contributed by atoms with Gasteiger partial charge in [0.2, 0.25) is 5.91 Å². The maximum absolute atomic E-state index is 11.8. The van der Waals surface area contributed by atoms with Crippen LogP contribution in [0.4, 0.5) is 5.69 Å². The van der Waals surface area contributed by atoms with E-state index in [-0.39, 0.29) is 11.7 Å². The summed E-state index contributed by atoms with van der Waals surface area (Å²) >= 11 is 3.30. The second-order valence-corrected chi connectivity index (χ2v) is 6.36. The highest BCUT2D eigenvalue weighted by Crippen LogP contribution is 2.26. The molecule has 16 heavy (non-hydrogen) atoms. The Balaban J connectivity index is 2.99. The third-order valence-corrected chi connectivity index (χ3v) is 2.69. The molecule has 0 aromatic heterocycles. The van der Waals surface area contributed by atoms with Gasteiger partial charge in [0, 0.05) is 5.69 Å². The Morgan fingerprint density at radius 1 is 1.31 bits per heavy atom. The van der Waals surface area contributed by atoms with Gasteiger partial charge >= 0.3 is 0 Å². The van der Waals surface area contributed by atoms with Crippen molar-refractivity contribution in [3.63, 3.8) is 0 Å². The number of phenolic OH excluding ortho intramolecular Hbond substituents is 1. The summed E-state index contributed by atoms with van der Waals surface area (Å²) in [6, 6.07) is 3.41. The molecule has 0 saturated carbocycles. The van der Waals surface area contributed by atoms with Crippen LogP contribution in [0.2, 0.25) is 0 Å². The van der Waals surface area contributed by atoms with Crippen LogP contribution in [0.1, 0.15) is 25.0 Å². The van der Waals surface area contributed by atoms with Crippen molar-refractivity contribution in [3.05, 3.63) is 23.3 Å². The number of carbonyl (C=O) groups excluding carboxylic acids is 1. The van der Waals surface area contributed by atoms with Gasteiger partial charge < -0.3 is 10.4 Å². The largest absolute Gasteiger partial charge is 0.508 e. The number of anilines is 1. The maximum atomic E-state index is 11.8. The van der Waals surface area contributed by atoms with E-state index in [0.29, 0.717) is 0 Å². The molecule has 0 spiro atoms. The van der Waals surface area contributed by atoms with E-state index in [0.717, 1.165) is 16.8 Å². The molecule has 1 aromatic rings. The van der Waals surface area contributed by atoms with Crippen molar-refractivity contribution in [3.8, 4) is 5.75 Å². The number of halogens is 1. The standard InChI is InChI=1S/C12H16BrNO2/c1-7-6-10(15)8(2)5-9(7)14-11(16)12(3,4)13/h5-6,15H,1-4H3,(H,14,16). The van der Waals surface area contributed by atoms with E-state index in [1.54, 1.807) is 32.9 Å². The minimum absolute atomic E-state index is 0.110. The molecule has 1 aromatic carbocycles. The number of carbonyl (C=O) groups is 1. The highest BCUT2D eigenvalue weighted by molar-refractivity contribution is 9.10. The van der Waals surface area contributed by atoms with Crippen molar-refractivity contribution >= 4 is 27.5 Å². The number of phenols is 1. The molecule has 88 valence electrons. The first kappa shape index (κ1) is 13.0. The van der Waals surface area contributed by atoms with Crippen LogP contribution in [0.5, 0.6) is 5.75 Å². The highest BCUT2D eigenvalue weighted by atomic mass is 79.9. The maximum Gasteiger partial charge on any atom is 0.240 e. The zero-order valence-electron chi connectivity index (χ0n) is 9.89. The minimum atomic E-state index is -0.606. The molecule has 0 radical (unpaired) electrons. The van der Waals surface area contributed by atoms with Gasteiger partial charge in [-0.25, -0.2) is 0 Å². The summed E-state index contributed by atoms with van der Waals surface area (Å²) in [5.41, 5.74) is 2.31. The van der Waals surface area contributed by atoms with E-state index in [4.69, 9.17) is 0 Å². The first-order valence-corrected chi connectivity index (χ1v) is 5.81. The molecule has 0 fully saturated rings. The summed E-state index contributed by atoms with van der Waals surface area (Å²) in [5, 5.41) is 12.3. The molecule has 0 aliphatic heterocycles. The quantitative estimate of drug-likeness (QED) is 0.648. The number of nitrogens with one attached hydrogen (secondary N) is 1. The Hall–Kier alpha value is -1.03. The van der Waals surface area contributed by atoms with Crippen LogP contribution in [0.15, 0.2) is 12.1 Å². The van der Waals surface area contributed by atoms with Gasteiger partial charge in [-0.15, -0.1) is 0 Å². The summed E-state index contributed by atoms with van der Waals surface area (Å²) < 4.78 is -0.606. The molecule has 0 aliphatic rings. The molecular formula is C12H16BrNO2. The van der Waals surface area contributed by atoms with Crippen LogP contribution in [-0.4, -0.2) is 15.3 Å². The number of rotatable bonds is 2. The van der Waals surface area contributed by atoms with Gasteiger partial charge in [0.1, 0.15) is 5.75 Å². The molecule has 4 heteroatoms. The fourth-order valence-electron chi connectivity index (χ4n) is 1.21. The summed E-state index contributed by atoms with van der Waals surface area (Å²) in [6.07, 6.45) is 0. The summed E-state index contributed by atoms with van der Waals surface area (Å²) in [6.45, 7) is 7.20. The van der Waals surface area contributed by atoms with Crippen molar-refractivity contribution < 1.29 is 9.90 Å². The van der Waals surface area contributed by atoms with E-state index in [2.05, 4.69) is 21.2 Å². The first-order valence-electron chi connectivity index (χ1n) is 5.02. The Morgan fingerprint density at radius 2 is 1.88 bits per heavy atom. The lowest BCUT2D eigenvalue weighted by Crippen LogP contribution is -2.31. The van der Waals surface area contributed by atoms with Gasteiger partial charge in [0.05, 0.1) is 4.32 Å². The number of aromatic hydroxyl groups is 1. The Kier molecular flexibility index (Phi) is 3.63. The van der Waals surface area contributed by atoms with Gasteiger partial charge in [0.25, 0.3) is 0 Å². The smallest absolute Gasteiger partial charge is 0.240 e. The van der Waals surface area contributed by atoms with Crippen LogP contribution < -0.4 is 5.32 Å². The predicted molar refractivity (Wildman–Crippen MR) is 69.2 cm³/mol.